The molecule has 0 saturated carbocycles. The van der Waals surface area contributed by atoms with Gasteiger partial charge in [0.15, 0.2) is 0 Å². The molecule has 116 valence electrons. The second-order valence-corrected chi connectivity index (χ2v) is 4.27. The van der Waals surface area contributed by atoms with Gasteiger partial charge in [-0.3, -0.25) is 0 Å². The van der Waals surface area contributed by atoms with Crippen LogP contribution in [0.3, 0.4) is 0 Å². The van der Waals surface area contributed by atoms with E-state index in [1.54, 1.807) is 6.07 Å². The maximum absolute atomic E-state index is 12.6. The Labute approximate surface area is 123 Å². The molecule has 2 aromatic rings. The molecule has 0 aromatic carbocycles. The molecule has 0 aliphatic rings. The van der Waals surface area contributed by atoms with E-state index in [1.165, 1.54) is 12.5 Å². The highest BCUT2D eigenvalue weighted by molar-refractivity contribution is 5.39. The zero-order chi connectivity index (χ0) is 16.2. The van der Waals surface area contributed by atoms with E-state index in [-0.39, 0.29) is 24.5 Å². The molecule has 0 aliphatic heterocycles. The Morgan fingerprint density at radius 3 is 2.77 bits per heavy atom. The number of pyridine rings is 1. The quantitative estimate of drug-likeness (QED) is 0.910. The Balaban J connectivity index is 2.04. The minimum atomic E-state index is -4.61. The monoisotopic (exact) mass is 312 g/mol. The standard InChI is InChI=1S/C13H11F3N4O2/c14-13(15,16)10-2-1-8(7-17)11(20-10)21-5-3-9(18)12-19-4-6-22-12/h1-2,4,6,9H,3,5,18H2. The van der Waals surface area contributed by atoms with Crippen LogP contribution in [-0.2, 0) is 6.18 Å². The number of rotatable bonds is 5. The first kappa shape index (κ1) is 15.8. The van der Waals surface area contributed by atoms with Crippen LogP contribution in [-0.4, -0.2) is 16.6 Å². The van der Waals surface area contributed by atoms with Crippen molar-refractivity contribution in [3.8, 4) is 11.9 Å². The van der Waals surface area contributed by atoms with Gasteiger partial charge in [0.05, 0.1) is 18.8 Å². The summed E-state index contributed by atoms with van der Waals surface area (Å²) in [4.78, 5) is 7.18. The van der Waals surface area contributed by atoms with Crippen LogP contribution in [0.5, 0.6) is 5.88 Å². The van der Waals surface area contributed by atoms with Crippen LogP contribution in [0.25, 0.3) is 0 Å². The van der Waals surface area contributed by atoms with Gasteiger partial charge in [-0.25, -0.2) is 9.97 Å². The summed E-state index contributed by atoms with van der Waals surface area (Å²) in [5.74, 6) is -0.0852. The smallest absolute Gasteiger partial charge is 0.433 e. The lowest BCUT2D eigenvalue weighted by Gasteiger charge is -2.12. The molecule has 0 fully saturated rings. The fraction of sp³-hybridized carbons (Fsp3) is 0.308. The average Bonchev–Trinajstić information content (AvgIpc) is 3.00. The number of hydrogen-bond donors (Lipinski definition) is 1. The lowest BCUT2D eigenvalue weighted by Crippen LogP contribution is -2.16. The lowest BCUT2D eigenvalue weighted by molar-refractivity contribution is -0.141. The topological polar surface area (TPSA) is 98.0 Å². The molecule has 0 radical (unpaired) electrons. The second-order valence-electron chi connectivity index (χ2n) is 4.27. The van der Waals surface area contributed by atoms with Gasteiger partial charge in [-0.05, 0) is 12.1 Å². The first-order chi connectivity index (χ1) is 10.4. The summed E-state index contributed by atoms with van der Waals surface area (Å²) in [7, 11) is 0. The van der Waals surface area contributed by atoms with Crippen molar-refractivity contribution in [2.45, 2.75) is 18.6 Å². The second kappa shape index (κ2) is 6.44. The molecule has 0 amide bonds. The maximum Gasteiger partial charge on any atom is 0.433 e. The van der Waals surface area contributed by atoms with Crippen molar-refractivity contribution in [3.63, 3.8) is 0 Å². The minimum absolute atomic E-state index is 0.0352. The molecule has 9 heteroatoms. The first-order valence-corrected chi connectivity index (χ1v) is 6.18. The molecule has 2 N–H and O–H groups in total. The van der Waals surface area contributed by atoms with Crippen molar-refractivity contribution in [2.24, 2.45) is 5.73 Å². The number of ether oxygens (including phenoxy) is 1. The average molecular weight is 312 g/mol. The van der Waals surface area contributed by atoms with Crippen molar-refractivity contribution in [2.75, 3.05) is 6.61 Å². The SMILES string of the molecule is N#Cc1ccc(C(F)(F)F)nc1OCCC(N)c1ncco1. The Hall–Kier alpha value is -2.60. The predicted molar refractivity (Wildman–Crippen MR) is 67.5 cm³/mol. The zero-order valence-corrected chi connectivity index (χ0v) is 11.2. The van der Waals surface area contributed by atoms with Gasteiger partial charge in [0, 0.05) is 6.42 Å². The molecule has 0 saturated heterocycles. The van der Waals surface area contributed by atoms with Crippen molar-refractivity contribution in [1.29, 1.82) is 5.26 Å². The van der Waals surface area contributed by atoms with E-state index in [4.69, 9.17) is 20.1 Å². The van der Waals surface area contributed by atoms with Crippen LogP contribution < -0.4 is 10.5 Å². The van der Waals surface area contributed by atoms with Crippen molar-refractivity contribution < 1.29 is 22.3 Å². The third-order valence-corrected chi connectivity index (χ3v) is 2.71. The molecule has 2 rings (SSSR count). The van der Waals surface area contributed by atoms with Gasteiger partial charge in [0.2, 0.25) is 11.8 Å². The number of aromatic nitrogens is 2. The van der Waals surface area contributed by atoms with Crippen LogP contribution in [0.1, 0.15) is 29.6 Å². The lowest BCUT2D eigenvalue weighted by atomic mass is 10.2. The fourth-order valence-electron chi connectivity index (χ4n) is 1.62. The van der Waals surface area contributed by atoms with Crippen molar-refractivity contribution >= 4 is 0 Å². The molecule has 1 unspecified atom stereocenters. The number of nitrogens with zero attached hydrogens (tertiary/aromatic N) is 3. The third kappa shape index (κ3) is 3.73. The summed E-state index contributed by atoms with van der Waals surface area (Å²) < 4.78 is 47.9. The summed E-state index contributed by atoms with van der Waals surface area (Å²) in [6, 6.07) is 2.90. The highest BCUT2D eigenvalue weighted by Gasteiger charge is 2.33. The highest BCUT2D eigenvalue weighted by atomic mass is 19.4. The summed E-state index contributed by atoms with van der Waals surface area (Å²) in [5.41, 5.74) is 4.56. The molecule has 0 spiro atoms. The molecule has 1 atom stereocenters. The van der Waals surface area contributed by atoms with Crippen LogP contribution in [0, 0.1) is 11.3 Å². The van der Waals surface area contributed by atoms with E-state index < -0.39 is 17.9 Å². The molecular weight excluding hydrogens is 301 g/mol. The van der Waals surface area contributed by atoms with Gasteiger partial charge in [0.1, 0.15) is 23.6 Å². The third-order valence-electron chi connectivity index (χ3n) is 2.71. The van der Waals surface area contributed by atoms with Crippen molar-refractivity contribution in [1.82, 2.24) is 9.97 Å². The van der Waals surface area contributed by atoms with Gasteiger partial charge in [0.25, 0.3) is 0 Å². The predicted octanol–water partition coefficient (Wildman–Crippen LogP) is 2.43. The van der Waals surface area contributed by atoms with Crippen LogP contribution in [0.4, 0.5) is 13.2 Å². The van der Waals surface area contributed by atoms with E-state index in [0.29, 0.717) is 5.89 Å². The molecule has 22 heavy (non-hydrogen) atoms. The number of nitrogens with two attached hydrogens (primary N) is 1. The van der Waals surface area contributed by atoms with E-state index in [0.717, 1.165) is 12.1 Å². The summed E-state index contributed by atoms with van der Waals surface area (Å²) in [6.07, 6.45) is -1.58. The number of oxazole rings is 1. The van der Waals surface area contributed by atoms with E-state index >= 15 is 0 Å². The molecule has 0 aliphatic carbocycles. The summed E-state index contributed by atoms with van der Waals surface area (Å²) in [5, 5.41) is 8.87. The van der Waals surface area contributed by atoms with Gasteiger partial charge in [-0.2, -0.15) is 18.4 Å². The van der Waals surface area contributed by atoms with Gasteiger partial charge < -0.3 is 14.9 Å². The van der Waals surface area contributed by atoms with Crippen LogP contribution in [0.2, 0.25) is 0 Å². The Morgan fingerprint density at radius 2 is 2.18 bits per heavy atom. The van der Waals surface area contributed by atoms with E-state index in [2.05, 4.69) is 9.97 Å². The number of nitriles is 1. The highest BCUT2D eigenvalue weighted by Crippen LogP contribution is 2.30. The number of alkyl halides is 3. The fourth-order valence-corrected chi connectivity index (χ4v) is 1.62. The van der Waals surface area contributed by atoms with E-state index in [1.807, 2.05) is 0 Å². The van der Waals surface area contributed by atoms with Gasteiger partial charge in [-0.1, -0.05) is 0 Å². The van der Waals surface area contributed by atoms with Gasteiger partial charge in [-0.15, -0.1) is 0 Å². The molecule has 6 nitrogen and oxygen atoms in total. The Kier molecular flexibility index (Phi) is 4.62. The van der Waals surface area contributed by atoms with E-state index in [9.17, 15) is 13.2 Å². The van der Waals surface area contributed by atoms with Crippen LogP contribution >= 0.6 is 0 Å². The zero-order valence-electron chi connectivity index (χ0n) is 11.2. The maximum atomic E-state index is 12.6. The van der Waals surface area contributed by atoms with Gasteiger partial charge >= 0.3 is 6.18 Å². The summed E-state index contributed by atoms with van der Waals surface area (Å²) >= 11 is 0. The number of hydrogen-bond acceptors (Lipinski definition) is 6. The first-order valence-electron chi connectivity index (χ1n) is 6.18. The normalized spacial score (nSPS) is 12.7. The summed E-state index contributed by atoms with van der Waals surface area (Å²) in [6.45, 7) is -0.0352. The Morgan fingerprint density at radius 1 is 1.41 bits per heavy atom. The van der Waals surface area contributed by atoms with Crippen LogP contribution in [0.15, 0.2) is 29.0 Å². The van der Waals surface area contributed by atoms with Crippen molar-refractivity contribution in [3.05, 3.63) is 41.7 Å². The molecule has 0 bridgehead atoms. The minimum Gasteiger partial charge on any atom is -0.477 e. The molecule has 2 heterocycles. The Bertz CT molecular complexity index is 665. The number of halogens is 3. The largest absolute Gasteiger partial charge is 0.477 e. The molecule has 2 aromatic heterocycles. The molecular formula is C13H11F3N4O2.